The van der Waals surface area contributed by atoms with E-state index >= 15 is 0 Å². The minimum absolute atomic E-state index is 0.170. The van der Waals surface area contributed by atoms with E-state index in [4.69, 9.17) is 9.47 Å². The molecule has 2 heterocycles. The number of amides is 1. The molecular weight excluding hydrogens is 372 g/mol. The molecule has 0 N–H and O–H groups in total. The highest BCUT2D eigenvalue weighted by Crippen LogP contribution is 2.32. The molecule has 1 aliphatic heterocycles. The number of aryl methyl sites for hydroxylation is 1. The van der Waals surface area contributed by atoms with Crippen molar-refractivity contribution in [1.29, 1.82) is 0 Å². The van der Waals surface area contributed by atoms with Crippen molar-refractivity contribution in [2.45, 2.75) is 19.9 Å². The Hall–Kier alpha value is -3.12. The number of fused-ring (bicyclic) bond motifs is 4. The third-order valence-electron chi connectivity index (χ3n) is 4.90. The number of hydrogen-bond donors (Lipinski definition) is 0. The van der Waals surface area contributed by atoms with Crippen LogP contribution in [0.2, 0.25) is 0 Å². The molecule has 0 saturated carbocycles. The summed E-state index contributed by atoms with van der Waals surface area (Å²) in [5, 5.41) is 2.38. The minimum atomic E-state index is -0.170. The number of thiazole rings is 1. The van der Waals surface area contributed by atoms with Crippen molar-refractivity contribution < 1.29 is 14.3 Å². The lowest BCUT2D eigenvalue weighted by Gasteiger charge is -2.02. The van der Waals surface area contributed by atoms with Crippen LogP contribution in [0, 0.1) is 0 Å². The molecule has 0 fully saturated rings. The summed E-state index contributed by atoms with van der Waals surface area (Å²) in [5.41, 5.74) is 1.98. The highest BCUT2D eigenvalue weighted by atomic mass is 32.1. The van der Waals surface area contributed by atoms with Gasteiger partial charge in [0.05, 0.1) is 16.6 Å². The molecule has 5 rings (SSSR count). The van der Waals surface area contributed by atoms with Gasteiger partial charge >= 0.3 is 0 Å². The molecule has 0 atom stereocenters. The van der Waals surface area contributed by atoms with Gasteiger partial charge in [0.2, 0.25) is 6.79 Å². The fourth-order valence-electron chi connectivity index (χ4n) is 3.56. The molecule has 0 unspecified atom stereocenters. The number of hydrogen-bond acceptors (Lipinski definition) is 4. The summed E-state index contributed by atoms with van der Waals surface area (Å²) >= 11 is 1.57. The van der Waals surface area contributed by atoms with Crippen molar-refractivity contribution >= 4 is 38.2 Å². The summed E-state index contributed by atoms with van der Waals surface area (Å²) in [7, 11) is 0. The van der Waals surface area contributed by atoms with Crippen molar-refractivity contribution in [3.05, 3.63) is 65.0 Å². The van der Waals surface area contributed by atoms with Crippen LogP contribution in [-0.4, -0.2) is 17.3 Å². The van der Waals surface area contributed by atoms with Crippen LogP contribution in [0.5, 0.6) is 11.5 Å². The van der Waals surface area contributed by atoms with Crippen LogP contribution >= 0.6 is 11.3 Å². The van der Waals surface area contributed by atoms with Crippen molar-refractivity contribution in [1.82, 2.24) is 4.57 Å². The van der Waals surface area contributed by atoms with E-state index < -0.39 is 0 Å². The smallest absolute Gasteiger partial charge is 0.252 e. The summed E-state index contributed by atoms with van der Waals surface area (Å²) in [5.74, 6) is 1.23. The molecule has 3 aromatic carbocycles. The van der Waals surface area contributed by atoms with E-state index in [9.17, 15) is 4.79 Å². The van der Waals surface area contributed by atoms with Gasteiger partial charge in [0.25, 0.3) is 5.91 Å². The second kappa shape index (κ2) is 6.80. The number of benzene rings is 3. The number of ether oxygens (including phenoxy) is 2. The van der Waals surface area contributed by atoms with Crippen molar-refractivity contribution in [3.63, 3.8) is 0 Å². The topological polar surface area (TPSA) is 52.8 Å². The van der Waals surface area contributed by atoms with Crippen LogP contribution in [0.3, 0.4) is 0 Å². The molecule has 0 spiro atoms. The zero-order chi connectivity index (χ0) is 19.1. The van der Waals surface area contributed by atoms with Crippen molar-refractivity contribution in [2.75, 3.05) is 6.79 Å². The summed E-state index contributed by atoms with van der Waals surface area (Å²) in [6, 6.07) is 18.1. The average molecular weight is 390 g/mol. The Morgan fingerprint density at radius 2 is 1.96 bits per heavy atom. The molecule has 0 aliphatic carbocycles. The van der Waals surface area contributed by atoms with Crippen LogP contribution in [0.15, 0.2) is 59.6 Å². The highest BCUT2D eigenvalue weighted by molar-refractivity contribution is 7.17. The van der Waals surface area contributed by atoms with E-state index in [0.717, 1.165) is 27.1 Å². The fourth-order valence-corrected chi connectivity index (χ4v) is 4.81. The zero-order valence-electron chi connectivity index (χ0n) is 15.3. The Morgan fingerprint density at radius 3 is 2.86 bits per heavy atom. The van der Waals surface area contributed by atoms with Crippen LogP contribution < -0.4 is 14.3 Å². The molecule has 6 heteroatoms. The predicted octanol–water partition coefficient (Wildman–Crippen LogP) is 4.27. The Bertz CT molecular complexity index is 1290. The Kier molecular flexibility index (Phi) is 4.13. The highest BCUT2D eigenvalue weighted by Gasteiger charge is 2.15. The largest absolute Gasteiger partial charge is 0.454 e. The van der Waals surface area contributed by atoms with Gasteiger partial charge in [0, 0.05) is 11.9 Å². The number of carbonyl (C=O) groups excluding carboxylic acids is 1. The lowest BCUT2D eigenvalue weighted by atomic mass is 10.1. The minimum Gasteiger partial charge on any atom is -0.454 e. The Labute approximate surface area is 165 Å². The van der Waals surface area contributed by atoms with Gasteiger partial charge in [-0.3, -0.25) is 4.79 Å². The second-order valence-corrected chi connectivity index (χ2v) is 7.61. The molecular formula is C22H18N2O3S. The van der Waals surface area contributed by atoms with Gasteiger partial charge in [-0.1, -0.05) is 47.7 Å². The molecule has 140 valence electrons. The maximum Gasteiger partial charge on any atom is 0.252 e. The first kappa shape index (κ1) is 17.0. The van der Waals surface area contributed by atoms with Gasteiger partial charge in [0.1, 0.15) is 0 Å². The van der Waals surface area contributed by atoms with E-state index in [0.29, 0.717) is 11.5 Å². The number of aromatic nitrogens is 1. The third kappa shape index (κ3) is 2.86. The normalized spacial score (nSPS) is 13.5. The molecule has 4 aromatic rings. The first-order valence-corrected chi connectivity index (χ1v) is 10.0. The van der Waals surface area contributed by atoms with Gasteiger partial charge in [-0.15, -0.1) is 0 Å². The number of rotatable bonds is 3. The predicted molar refractivity (Wildman–Crippen MR) is 110 cm³/mol. The molecule has 5 nitrogen and oxygen atoms in total. The maximum atomic E-state index is 12.6. The summed E-state index contributed by atoms with van der Waals surface area (Å²) < 4.78 is 14.0. The third-order valence-corrected chi connectivity index (χ3v) is 6.03. The SMILES string of the molecule is CCn1c(=NC(=O)Cc2ccc3c(c2)OCO3)sc2c3ccccc3ccc21. The molecule has 0 radical (unpaired) electrons. The molecule has 28 heavy (non-hydrogen) atoms. The lowest BCUT2D eigenvalue weighted by Crippen LogP contribution is -2.16. The molecule has 0 saturated heterocycles. The Morgan fingerprint density at radius 1 is 1.11 bits per heavy atom. The van der Waals surface area contributed by atoms with Gasteiger partial charge in [-0.05, 0) is 36.1 Å². The van der Waals surface area contributed by atoms with Gasteiger partial charge in [-0.2, -0.15) is 4.99 Å². The number of nitrogens with zero attached hydrogens (tertiary/aromatic N) is 2. The first-order valence-electron chi connectivity index (χ1n) is 9.20. The zero-order valence-corrected chi connectivity index (χ0v) is 16.2. The molecule has 0 bridgehead atoms. The fraction of sp³-hybridized carbons (Fsp3) is 0.182. The van der Waals surface area contributed by atoms with E-state index in [-0.39, 0.29) is 19.1 Å². The van der Waals surface area contributed by atoms with E-state index in [1.807, 2.05) is 30.3 Å². The van der Waals surface area contributed by atoms with Gasteiger partial charge in [0.15, 0.2) is 16.3 Å². The second-order valence-electron chi connectivity index (χ2n) is 6.63. The van der Waals surface area contributed by atoms with Crippen molar-refractivity contribution in [3.8, 4) is 11.5 Å². The standard InChI is InChI=1S/C22H18N2O3S/c1-2-24-17-9-8-15-5-3-4-6-16(15)21(17)28-22(24)23-20(25)12-14-7-10-18-19(11-14)27-13-26-18/h3-11H,2,12-13H2,1H3. The van der Waals surface area contributed by atoms with Gasteiger partial charge in [-0.25, -0.2) is 0 Å². The van der Waals surface area contributed by atoms with Crippen LogP contribution in [0.4, 0.5) is 0 Å². The average Bonchev–Trinajstić information content (AvgIpc) is 3.31. The summed E-state index contributed by atoms with van der Waals surface area (Å²) in [6.45, 7) is 3.06. The van der Waals surface area contributed by atoms with Crippen LogP contribution in [0.25, 0.3) is 21.0 Å². The Balaban J connectivity index is 1.55. The maximum absolute atomic E-state index is 12.6. The quantitative estimate of drug-likeness (QED) is 0.525. The van der Waals surface area contributed by atoms with Crippen molar-refractivity contribution in [2.24, 2.45) is 4.99 Å². The summed E-state index contributed by atoms with van der Waals surface area (Å²) in [4.78, 5) is 17.8. The van der Waals surface area contributed by atoms with Crippen LogP contribution in [0.1, 0.15) is 12.5 Å². The lowest BCUT2D eigenvalue weighted by molar-refractivity contribution is -0.117. The number of carbonyl (C=O) groups is 1. The summed E-state index contributed by atoms with van der Waals surface area (Å²) in [6.07, 6.45) is 0.231. The van der Waals surface area contributed by atoms with E-state index in [2.05, 4.69) is 40.7 Å². The van der Waals surface area contributed by atoms with Gasteiger partial charge < -0.3 is 14.0 Å². The first-order chi connectivity index (χ1) is 13.7. The molecule has 1 aromatic heterocycles. The van der Waals surface area contributed by atoms with E-state index in [1.165, 1.54) is 10.8 Å². The monoisotopic (exact) mass is 390 g/mol. The molecule has 1 aliphatic rings. The van der Waals surface area contributed by atoms with Crippen LogP contribution in [-0.2, 0) is 17.8 Å². The molecule has 1 amide bonds. The van der Waals surface area contributed by atoms with E-state index in [1.54, 1.807) is 11.3 Å².